The van der Waals surface area contributed by atoms with Crippen molar-refractivity contribution < 1.29 is 19.1 Å². The molecule has 1 amide bonds. The summed E-state index contributed by atoms with van der Waals surface area (Å²) in [6, 6.07) is 0.219. The van der Waals surface area contributed by atoms with Crippen LogP contribution in [0.3, 0.4) is 0 Å². The highest BCUT2D eigenvalue weighted by atomic mass is 16.5. The fourth-order valence-corrected chi connectivity index (χ4v) is 3.23. The molecule has 1 N–H and O–H groups in total. The summed E-state index contributed by atoms with van der Waals surface area (Å²) in [5.74, 6) is 0.0320. The second-order valence-corrected chi connectivity index (χ2v) is 6.20. The van der Waals surface area contributed by atoms with E-state index in [2.05, 4.69) is 10.2 Å². The van der Waals surface area contributed by atoms with Crippen molar-refractivity contribution in [3.05, 3.63) is 0 Å². The Morgan fingerprint density at radius 3 is 2.50 bits per heavy atom. The summed E-state index contributed by atoms with van der Waals surface area (Å²) >= 11 is 0. The zero-order valence-electron chi connectivity index (χ0n) is 13.5. The van der Waals surface area contributed by atoms with Crippen LogP contribution in [0.2, 0.25) is 0 Å². The first-order valence-electron chi connectivity index (χ1n) is 8.36. The quantitative estimate of drug-likeness (QED) is 0.740. The second-order valence-electron chi connectivity index (χ2n) is 6.20. The number of carbonyl (C=O) groups is 2. The smallest absolute Gasteiger partial charge is 0.308 e. The zero-order valence-corrected chi connectivity index (χ0v) is 13.5. The number of morpholine rings is 1. The van der Waals surface area contributed by atoms with Crippen molar-refractivity contribution in [2.75, 3.05) is 40.0 Å². The molecule has 0 aromatic carbocycles. The number of carbonyl (C=O) groups excluding carboxylic acids is 2. The Morgan fingerprint density at radius 1 is 1.18 bits per heavy atom. The van der Waals surface area contributed by atoms with Gasteiger partial charge in [0.05, 0.1) is 26.2 Å². The van der Waals surface area contributed by atoms with Gasteiger partial charge in [0.25, 0.3) is 0 Å². The molecule has 0 aromatic heterocycles. The van der Waals surface area contributed by atoms with E-state index in [1.165, 1.54) is 7.11 Å². The average molecular weight is 312 g/mol. The topological polar surface area (TPSA) is 67.9 Å². The number of amides is 1. The zero-order chi connectivity index (χ0) is 15.8. The fraction of sp³-hybridized carbons (Fsp3) is 0.875. The fourth-order valence-electron chi connectivity index (χ4n) is 3.23. The van der Waals surface area contributed by atoms with E-state index in [0.29, 0.717) is 6.42 Å². The van der Waals surface area contributed by atoms with Crippen LogP contribution in [0.1, 0.15) is 38.5 Å². The maximum Gasteiger partial charge on any atom is 0.308 e. The predicted octanol–water partition coefficient (Wildman–Crippen LogP) is 0.947. The van der Waals surface area contributed by atoms with Crippen molar-refractivity contribution in [1.29, 1.82) is 0 Å². The summed E-state index contributed by atoms with van der Waals surface area (Å²) in [7, 11) is 1.44. The monoisotopic (exact) mass is 312 g/mol. The van der Waals surface area contributed by atoms with Gasteiger partial charge in [-0.25, -0.2) is 0 Å². The van der Waals surface area contributed by atoms with E-state index >= 15 is 0 Å². The number of rotatable bonds is 6. The predicted molar refractivity (Wildman–Crippen MR) is 82.4 cm³/mol. The number of hydrogen-bond donors (Lipinski definition) is 1. The molecule has 2 rings (SSSR count). The largest absolute Gasteiger partial charge is 0.469 e. The van der Waals surface area contributed by atoms with E-state index in [1.807, 2.05) is 0 Å². The van der Waals surface area contributed by atoms with Crippen LogP contribution >= 0.6 is 0 Å². The Hall–Kier alpha value is -1.14. The second kappa shape index (κ2) is 9.10. The van der Waals surface area contributed by atoms with E-state index in [9.17, 15) is 9.59 Å². The molecule has 1 saturated heterocycles. The SMILES string of the molecule is COC(=O)C1CCC(NC(=O)CCCN2CCOCC2)CC1. The van der Waals surface area contributed by atoms with Gasteiger partial charge in [-0.15, -0.1) is 0 Å². The lowest BCUT2D eigenvalue weighted by Crippen LogP contribution is -2.40. The van der Waals surface area contributed by atoms with Gasteiger partial charge in [-0.05, 0) is 38.6 Å². The molecule has 0 radical (unpaired) electrons. The van der Waals surface area contributed by atoms with Crippen LogP contribution in [-0.4, -0.2) is 62.8 Å². The molecule has 6 heteroatoms. The van der Waals surface area contributed by atoms with Gasteiger partial charge in [0.1, 0.15) is 0 Å². The van der Waals surface area contributed by atoms with Crippen LogP contribution in [0.4, 0.5) is 0 Å². The molecule has 2 fully saturated rings. The molecule has 1 aliphatic heterocycles. The summed E-state index contributed by atoms with van der Waals surface area (Å²) in [6.45, 7) is 4.51. The maximum atomic E-state index is 12.0. The summed E-state index contributed by atoms with van der Waals surface area (Å²) in [4.78, 5) is 25.8. The minimum absolute atomic E-state index is 0.0134. The standard InChI is InChI=1S/C16H28N2O4/c1-21-16(20)13-4-6-14(7-5-13)17-15(19)3-2-8-18-9-11-22-12-10-18/h13-14H,2-12H2,1H3,(H,17,19). The minimum Gasteiger partial charge on any atom is -0.469 e. The lowest BCUT2D eigenvalue weighted by Gasteiger charge is -2.28. The Bertz CT molecular complexity index is 361. The summed E-state index contributed by atoms with van der Waals surface area (Å²) in [6.07, 6.45) is 4.83. The highest BCUT2D eigenvalue weighted by Crippen LogP contribution is 2.25. The molecule has 22 heavy (non-hydrogen) atoms. The summed E-state index contributed by atoms with van der Waals surface area (Å²) in [5, 5.41) is 3.10. The van der Waals surface area contributed by atoms with Gasteiger partial charge in [-0.3, -0.25) is 14.5 Å². The third-order valence-electron chi connectivity index (χ3n) is 4.61. The van der Waals surface area contributed by atoms with E-state index in [4.69, 9.17) is 9.47 Å². The Balaban J connectivity index is 1.56. The van der Waals surface area contributed by atoms with Gasteiger partial charge in [0, 0.05) is 25.6 Å². The number of methoxy groups -OCH3 is 1. The van der Waals surface area contributed by atoms with Gasteiger partial charge < -0.3 is 14.8 Å². The number of nitrogens with one attached hydrogen (secondary N) is 1. The lowest BCUT2D eigenvalue weighted by molar-refractivity contribution is -0.146. The number of ether oxygens (including phenoxy) is 2. The third kappa shape index (κ3) is 5.57. The molecule has 126 valence electrons. The van der Waals surface area contributed by atoms with Gasteiger partial charge in [-0.2, -0.15) is 0 Å². The van der Waals surface area contributed by atoms with Crippen LogP contribution in [0.15, 0.2) is 0 Å². The van der Waals surface area contributed by atoms with Crippen molar-refractivity contribution in [3.63, 3.8) is 0 Å². The first kappa shape index (κ1) is 17.2. The van der Waals surface area contributed by atoms with Crippen LogP contribution in [0.25, 0.3) is 0 Å². The van der Waals surface area contributed by atoms with Crippen molar-refractivity contribution in [2.24, 2.45) is 5.92 Å². The molecule has 2 aliphatic rings. The molecule has 1 saturated carbocycles. The Morgan fingerprint density at radius 2 is 1.86 bits per heavy atom. The normalized spacial score (nSPS) is 26.4. The van der Waals surface area contributed by atoms with Gasteiger partial charge in [0.15, 0.2) is 0 Å². The molecular weight excluding hydrogens is 284 g/mol. The van der Waals surface area contributed by atoms with E-state index in [1.54, 1.807) is 0 Å². The molecule has 0 spiro atoms. The minimum atomic E-state index is -0.115. The van der Waals surface area contributed by atoms with Gasteiger partial charge >= 0.3 is 5.97 Å². The average Bonchev–Trinajstić information content (AvgIpc) is 2.56. The molecule has 1 heterocycles. The summed E-state index contributed by atoms with van der Waals surface area (Å²) in [5.41, 5.74) is 0. The Labute approximate surface area is 132 Å². The van der Waals surface area contributed by atoms with Crippen LogP contribution in [0, 0.1) is 5.92 Å². The Kier molecular flexibility index (Phi) is 7.12. The number of nitrogens with zero attached hydrogens (tertiary/aromatic N) is 1. The molecule has 0 bridgehead atoms. The third-order valence-corrected chi connectivity index (χ3v) is 4.61. The van der Waals surface area contributed by atoms with Crippen molar-refractivity contribution in [3.8, 4) is 0 Å². The number of hydrogen-bond acceptors (Lipinski definition) is 5. The van der Waals surface area contributed by atoms with Crippen molar-refractivity contribution in [1.82, 2.24) is 10.2 Å². The summed E-state index contributed by atoms with van der Waals surface area (Å²) < 4.78 is 10.1. The molecule has 1 aliphatic carbocycles. The van der Waals surface area contributed by atoms with Crippen LogP contribution in [-0.2, 0) is 19.1 Å². The van der Waals surface area contributed by atoms with Crippen LogP contribution in [0.5, 0.6) is 0 Å². The van der Waals surface area contributed by atoms with Crippen LogP contribution < -0.4 is 5.32 Å². The highest BCUT2D eigenvalue weighted by molar-refractivity contribution is 5.76. The van der Waals surface area contributed by atoms with E-state index < -0.39 is 0 Å². The highest BCUT2D eigenvalue weighted by Gasteiger charge is 2.27. The molecule has 0 atom stereocenters. The molecule has 0 unspecified atom stereocenters. The van der Waals surface area contributed by atoms with Gasteiger partial charge in [0.2, 0.25) is 5.91 Å². The van der Waals surface area contributed by atoms with Crippen molar-refractivity contribution in [2.45, 2.75) is 44.6 Å². The van der Waals surface area contributed by atoms with E-state index in [-0.39, 0.29) is 23.8 Å². The molecular formula is C16H28N2O4. The van der Waals surface area contributed by atoms with E-state index in [0.717, 1.165) is 65.0 Å². The molecule has 0 aromatic rings. The maximum absolute atomic E-state index is 12.0. The first-order valence-corrected chi connectivity index (χ1v) is 8.36. The van der Waals surface area contributed by atoms with Crippen molar-refractivity contribution >= 4 is 11.9 Å². The first-order chi connectivity index (χ1) is 10.7. The number of esters is 1. The molecule has 6 nitrogen and oxygen atoms in total. The van der Waals surface area contributed by atoms with Gasteiger partial charge in [-0.1, -0.05) is 0 Å². The lowest BCUT2D eigenvalue weighted by atomic mass is 9.86.